The summed E-state index contributed by atoms with van der Waals surface area (Å²) in [5.74, 6) is 1.81. The second-order valence-corrected chi connectivity index (χ2v) is 4.77. The highest BCUT2D eigenvalue weighted by Crippen LogP contribution is 2.10. The van der Waals surface area contributed by atoms with Crippen molar-refractivity contribution in [3.8, 4) is 5.75 Å². The van der Waals surface area contributed by atoms with Crippen molar-refractivity contribution in [3.63, 3.8) is 0 Å². The molecule has 0 aromatic heterocycles. The van der Waals surface area contributed by atoms with Crippen molar-refractivity contribution < 1.29 is 4.74 Å². The molecule has 2 N–H and O–H groups in total. The van der Waals surface area contributed by atoms with Crippen LogP contribution >= 0.6 is 11.8 Å². The predicted molar refractivity (Wildman–Crippen MR) is 79.6 cm³/mol. The number of benzene rings is 1. The SMILES string of the molecule is CCCCSC(N)=NN=Cc1ccc(OC)cc1. The average Bonchev–Trinajstić information content (AvgIpc) is 2.40. The first-order valence-corrected chi connectivity index (χ1v) is 6.88. The van der Waals surface area contributed by atoms with Gasteiger partial charge in [-0.2, -0.15) is 5.10 Å². The number of nitrogens with zero attached hydrogens (tertiary/aromatic N) is 2. The second-order valence-electron chi connectivity index (χ2n) is 3.66. The minimum atomic E-state index is 0.508. The van der Waals surface area contributed by atoms with Gasteiger partial charge in [0.15, 0.2) is 5.17 Å². The van der Waals surface area contributed by atoms with Crippen LogP contribution in [0.5, 0.6) is 5.75 Å². The number of ether oxygens (including phenoxy) is 1. The first kappa shape index (κ1) is 14.6. The van der Waals surface area contributed by atoms with E-state index in [2.05, 4.69) is 17.1 Å². The Morgan fingerprint density at radius 1 is 1.39 bits per heavy atom. The van der Waals surface area contributed by atoms with Gasteiger partial charge in [0, 0.05) is 5.75 Å². The number of amidine groups is 1. The molecule has 0 amide bonds. The van der Waals surface area contributed by atoms with Gasteiger partial charge in [-0.3, -0.25) is 0 Å². The Hall–Kier alpha value is -1.49. The minimum Gasteiger partial charge on any atom is -0.497 e. The van der Waals surface area contributed by atoms with E-state index in [0.717, 1.165) is 29.9 Å². The fourth-order valence-electron chi connectivity index (χ4n) is 1.19. The monoisotopic (exact) mass is 265 g/mol. The van der Waals surface area contributed by atoms with Crippen LogP contribution in [0.1, 0.15) is 25.3 Å². The summed E-state index contributed by atoms with van der Waals surface area (Å²) in [7, 11) is 1.64. The summed E-state index contributed by atoms with van der Waals surface area (Å²) in [4.78, 5) is 0. The number of rotatable bonds is 6. The van der Waals surface area contributed by atoms with Gasteiger partial charge in [0.25, 0.3) is 0 Å². The molecule has 0 unspecified atom stereocenters. The molecule has 0 bridgehead atoms. The zero-order chi connectivity index (χ0) is 13.2. The number of hydrogen-bond acceptors (Lipinski definition) is 4. The molecular weight excluding hydrogens is 246 g/mol. The van der Waals surface area contributed by atoms with Gasteiger partial charge in [-0.1, -0.05) is 25.1 Å². The standard InChI is InChI=1S/C13H19N3OS/c1-3-4-9-18-13(14)16-15-10-11-5-7-12(17-2)8-6-11/h5-8,10H,3-4,9H2,1-2H3,(H2,14,16). The second kappa shape index (κ2) is 8.58. The third-order valence-corrected chi connectivity index (χ3v) is 3.10. The lowest BCUT2D eigenvalue weighted by Crippen LogP contribution is -2.06. The highest BCUT2D eigenvalue weighted by molar-refractivity contribution is 8.13. The number of methoxy groups -OCH3 is 1. The molecule has 0 aliphatic rings. The third kappa shape index (κ3) is 5.72. The molecule has 1 aromatic rings. The molecule has 1 rings (SSSR count). The lowest BCUT2D eigenvalue weighted by molar-refractivity contribution is 0.415. The molecule has 0 aliphatic heterocycles. The van der Waals surface area contributed by atoms with Crippen LogP contribution in [0.2, 0.25) is 0 Å². The van der Waals surface area contributed by atoms with Crippen molar-refractivity contribution in [2.45, 2.75) is 19.8 Å². The minimum absolute atomic E-state index is 0.508. The zero-order valence-corrected chi connectivity index (χ0v) is 11.6. The molecule has 1 aromatic carbocycles. The summed E-state index contributed by atoms with van der Waals surface area (Å²) in [6, 6.07) is 7.59. The molecule has 18 heavy (non-hydrogen) atoms. The van der Waals surface area contributed by atoms with Crippen LogP contribution in [0.15, 0.2) is 34.5 Å². The van der Waals surface area contributed by atoms with Crippen molar-refractivity contribution in [1.29, 1.82) is 0 Å². The van der Waals surface area contributed by atoms with Crippen LogP contribution in [0, 0.1) is 0 Å². The summed E-state index contributed by atoms with van der Waals surface area (Å²) in [6.45, 7) is 2.15. The normalized spacial score (nSPS) is 12.0. The molecule has 98 valence electrons. The molecule has 0 fully saturated rings. The fraction of sp³-hybridized carbons (Fsp3) is 0.385. The average molecular weight is 265 g/mol. The summed E-state index contributed by atoms with van der Waals surface area (Å²) in [5.41, 5.74) is 6.67. The molecule has 0 spiro atoms. The maximum absolute atomic E-state index is 5.70. The van der Waals surface area contributed by atoms with Crippen LogP contribution in [0.3, 0.4) is 0 Å². The van der Waals surface area contributed by atoms with Gasteiger partial charge in [0.05, 0.1) is 13.3 Å². The topological polar surface area (TPSA) is 60.0 Å². The Kier molecular flexibility index (Phi) is 6.94. The zero-order valence-electron chi connectivity index (χ0n) is 10.8. The number of hydrogen-bond donors (Lipinski definition) is 1. The van der Waals surface area contributed by atoms with E-state index in [1.165, 1.54) is 11.8 Å². The number of unbranched alkanes of at least 4 members (excludes halogenated alkanes) is 1. The number of nitrogens with two attached hydrogens (primary N) is 1. The van der Waals surface area contributed by atoms with E-state index >= 15 is 0 Å². The van der Waals surface area contributed by atoms with Gasteiger partial charge in [0.2, 0.25) is 0 Å². The van der Waals surface area contributed by atoms with Crippen molar-refractivity contribution in [2.75, 3.05) is 12.9 Å². The molecule has 0 saturated heterocycles. The largest absolute Gasteiger partial charge is 0.497 e. The van der Waals surface area contributed by atoms with Crippen LogP contribution < -0.4 is 10.5 Å². The van der Waals surface area contributed by atoms with Gasteiger partial charge in [-0.05, 0) is 36.2 Å². The van der Waals surface area contributed by atoms with Crippen molar-refractivity contribution in [2.24, 2.45) is 15.9 Å². The first-order valence-electron chi connectivity index (χ1n) is 5.89. The Labute approximate surface area is 112 Å². The summed E-state index contributed by atoms with van der Waals surface area (Å²) < 4.78 is 5.07. The third-order valence-electron chi connectivity index (χ3n) is 2.23. The molecule has 0 radical (unpaired) electrons. The van der Waals surface area contributed by atoms with Gasteiger partial charge in [0.1, 0.15) is 5.75 Å². The van der Waals surface area contributed by atoms with E-state index in [-0.39, 0.29) is 0 Å². The highest BCUT2D eigenvalue weighted by atomic mass is 32.2. The van der Waals surface area contributed by atoms with E-state index in [1.54, 1.807) is 13.3 Å². The van der Waals surface area contributed by atoms with Gasteiger partial charge in [-0.15, -0.1) is 5.10 Å². The molecule has 5 heteroatoms. The Morgan fingerprint density at radius 3 is 2.72 bits per heavy atom. The Bertz CT molecular complexity index is 401. The van der Waals surface area contributed by atoms with Gasteiger partial charge < -0.3 is 10.5 Å². The summed E-state index contributed by atoms with van der Waals surface area (Å²) in [5, 5.41) is 8.39. The van der Waals surface area contributed by atoms with E-state index in [4.69, 9.17) is 10.5 Å². The van der Waals surface area contributed by atoms with Crippen molar-refractivity contribution >= 4 is 23.1 Å². The summed E-state index contributed by atoms with van der Waals surface area (Å²) >= 11 is 1.54. The predicted octanol–water partition coefficient (Wildman–Crippen LogP) is 2.88. The smallest absolute Gasteiger partial charge is 0.180 e. The number of thioether (sulfide) groups is 1. The van der Waals surface area contributed by atoms with Crippen molar-refractivity contribution in [1.82, 2.24) is 0 Å². The fourth-order valence-corrected chi connectivity index (χ4v) is 1.94. The maximum Gasteiger partial charge on any atom is 0.180 e. The molecule has 4 nitrogen and oxygen atoms in total. The quantitative estimate of drug-likeness (QED) is 0.372. The Morgan fingerprint density at radius 2 is 2.11 bits per heavy atom. The Balaban J connectivity index is 2.45. The lowest BCUT2D eigenvalue weighted by atomic mass is 10.2. The van der Waals surface area contributed by atoms with Crippen LogP contribution in [0.25, 0.3) is 0 Å². The van der Waals surface area contributed by atoms with E-state index in [9.17, 15) is 0 Å². The maximum atomic E-state index is 5.70. The van der Waals surface area contributed by atoms with Gasteiger partial charge >= 0.3 is 0 Å². The molecule has 0 heterocycles. The first-order chi connectivity index (χ1) is 8.76. The van der Waals surface area contributed by atoms with Crippen LogP contribution in [-0.2, 0) is 0 Å². The lowest BCUT2D eigenvalue weighted by Gasteiger charge is -1.98. The molecule has 0 saturated carbocycles. The highest BCUT2D eigenvalue weighted by Gasteiger charge is 1.93. The van der Waals surface area contributed by atoms with E-state index < -0.39 is 0 Å². The van der Waals surface area contributed by atoms with E-state index in [1.807, 2.05) is 24.3 Å². The van der Waals surface area contributed by atoms with Crippen molar-refractivity contribution in [3.05, 3.63) is 29.8 Å². The molecule has 0 atom stereocenters. The molecule has 0 aliphatic carbocycles. The van der Waals surface area contributed by atoms with Crippen LogP contribution in [-0.4, -0.2) is 24.2 Å². The van der Waals surface area contributed by atoms with Crippen LogP contribution in [0.4, 0.5) is 0 Å². The van der Waals surface area contributed by atoms with E-state index in [0.29, 0.717) is 5.17 Å². The van der Waals surface area contributed by atoms with Gasteiger partial charge in [-0.25, -0.2) is 0 Å². The summed E-state index contributed by atoms with van der Waals surface area (Å²) in [6.07, 6.45) is 3.98. The molecular formula is C13H19N3OS.